The Morgan fingerprint density at radius 3 is 2.45 bits per heavy atom. The van der Waals surface area contributed by atoms with E-state index < -0.39 is 0 Å². The van der Waals surface area contributed by atoms with Crippen LogP contribution in [0.2, 0.25) is 0 Å². The number of aryl methyl sites for hydroxylation is 2. The van der Waals surface area contributed by atoms with Gasteiger partial charge in [-0.05, 0) is 56.4 Å². The van der Waals surface area contributed by atoms with Crippen LogP contribution in [0.15, 0.2) is 48.2 Å². The predicted octanol–water partition coefficient (Wildman–Crippen LogP) is 3.87. The number of ether oxygens (including phenoxy) is 1. The second-order valence-electron chi connectivity index (χ2n) is 8.66. The van der Waals surface area contributed by atoms with Gasteiger partial charge in [0.15, 0.2) is 0 Å². The smallest absolute Gasteiger partial charge is 0.277 e. The van der Waals surface area contributed by atoms with Gasteiger partial charge in [0.1, 0.15) is 5.70 Å². The zero-order chi connectivity index (χ0) is 22.1. The van der Waals surface area contributed by atoms with Gasteiger partial charge in [0, 0.05) is 13.1 Å². The van der Waals surface area contributed by atoms with Gasteiger partial charge in [0.25, 0.3) is 11.8 Å². The minimum absolute atomic E-state index is 0.0534. The van der Waals surface area contributed by atoms with E-state index in [2.05, 4.69) is 29.2 Å². The van der Waals surface area contributed by atoms with Crippen molar-refractivity contribution in [2.45, 2.75) is 46.8 Å². The molecule has 5 heteroatoms. The molecule has 2 amide bonds. The predicted molar refractivity (Wildman–Crippen MR) is 121 cm³/mol. The van der Waals surface area contributed by atoms with E-state index >= 15 is 0 Å². The van der Waals surface area contributed by atoms with E-state index in [4.69, 9.17) is 4.74 Å². The first-order chi connectivity index (χ1) is 14.9. The molecule has 2 aromatic rings. The number of hydrogen-bond acceptors (Lipinski definition) is 4. The minimum Gasteiger partial charge on any atom is -0.377 e. The fraction of sp³-hybridized carbons (Fsp3) is 0.385. The molecule has 0 aromatic heterocycles. The summed E-state index contributed by atoms with van der Waals surface area (Å²) in [6, 6.07) is 14.4. The molecule has 0 fully saturated rings. The van der Waals surface area contributed by atoms with Gasteiger partial charge >= 0.3 is 0 Å². The Bertz CT molecular complexity index is 1050. The van der Waals surface area contributed by atoms with Crippen LogP contribution in [0.3, 0.4) is 0 Å². The van der Waals surface area contributed by atoms with Gasteiger partial charge < -0.3 is 9.64 Å². The Hall–Kier alpha value is -2.92. The van der Waals surface area contributed by atoms with Gasteiger partial charge in [-0.2, -0.15) is 0 Å². The van der Waals surface area contributed by atoms with Crippen molar-refractivity contribution in [3.8, 4) is 0 Å². The van der Waals surface area contributed by atoms with Crippen molar-refractivity contribution < 1.29 is 14.3 Å². The molecule has 0 aliphatic carbocycles. The molecule has 0 saturated heterocycles. The quantitative estimate of drug-likeness (QED) is 0.669. The Balaban J connectivity index is 1.74. The number of rotatable bonds is 6. The maximum atomic E-state index is 13.5. The van der Waals surface area contributed by atoms with Crippen LogP contribution in [0.4, 0.5) is 0 Å². The number of imide groups is 1. The maximum absolute atomic E-state index is 13.5. The summed E-state index contributed by atoms with van der Waals surface area (Å²) < 4.78 is 5.63. The number of carbonyl (C=O) groups excluding carboxylic acids is 2. The van der Waals surface area contributed by atoms with E-state index in [1.165, 1.54) is 16.0 Å². The molecule has 162 valence electrons. The van der Waals surface area contributed by atoms with Gasteiger partial charge in [-0.15, -0.1) is 0 Å². The molecule has 0 N–H and O–H groups in total. The summed E-state index contributed by atoms with van der Waals surface area (Å²) in [4.78, 5) is 30.4. The van der Waals surface area contributed by atoms with Crippen LogP contribution >= 0.6 is 0 Å². The molecule has 2 heterocycles. The van der Waals surface area contributed by atoms with Crippen molar-refractivity contribution in [3.05, 3.63) is 76.0 Å². The highest BCUT2D eigenvalue weighted by Gasteiger charge is 2.42. The van der Waals surface area contributed by atoms with Crippen LogP contribution < -0.4 is 0 Å². The molecule has 2 aliphatic rings. The topological polar surface area (TPSA) is 49.9 Å². The van der Waals surface area contributed by atoms with E-state index in [1.807, 2.05) is 45.9 Å². The van der Waals surface area contributed by atoms with Crippen LogP contribution in [0.5, 0.6) is 0 Å². The van der Waals surface area contributed by atoms with E-state index in [0.29, 0.717) is 24.4 Å². The van der Waals surface area contributed by atoms with E-state index in [-0.39, 0.29) is 24.5 Å². The second kappa shape index (κ2) is 8.67. The van der Waals surface area contributed by atoms with E-state index in [0.717, 1.165) is 29.7 Å². The van der Waals surface area contributed by atoms with Crippen LogP contribution in [0.25, 0.3) is 5.57 Å². The number of fused-ring (bicyclic) bond motifs is 1. The molecule has 0 saturated carbocycles. The molecule has 0 radical (unpaired) electrons. The van der Waals surface area contributed by atoms with Crippen molar-refractivity contribution in [2.75, 3.05) is 19.7 Å². The molecule has 2 aromatic carbocycles. The standard InChI is InChI=1S/C26H30N2O3/c1-17(2)31-14-13-28-25(29)23(22-10-9-18(3)15-19(22)4)24(26(28)30)27-12-11-20-7-5-6-8-21(20)16-27/h5-10,15,17H,11-14,16H2,1-4H3. The van der Waals surface area contributed by atoms with E-state index in [9.17, 15) is 9.59 Å². The molecule has 31 heavy (non-hydrogen) atoms. The summed E-state index contributed by atoms with van der Waals surface area (Å²) in [5, 5.41) is 0. The number of amides is 2. The minimum atomic E-state index is -0.224. The fourth-order valence-electron chi connectivity index (χ4n) is 4.46. The Morgan fingerprint density at radius 1 is 1.00 bits per heavy atom. The number of nitrogens with zero attached hydrogens (tertiary/aromatic N) is 2. The lowest BCUT2D eigenvalue weighted by Crippen LogP contribution is -2.39. The van der Waals surface area contributed by atoms with Crippen molar-refractivity contribution >= 4 is 17.4 Å². The normalized spacial score (nSPS) is 16.5. The molecule has 2 aliphatic heterocycles. The number of benzene rings is 2. The first-order valence-corrected chi connectivity index (χ1v) is 11.0. The largest absolute Gasteiger partial charge is 0.377 e. The number of hydrogen-bond donors (Lipinski definition) is 0. The lowest BCUT2D eigenvalue weighted by atomic mass is 9.95. The molecule has 0 spiro atoms. The summed E-state index contributed by atoms with van der Waals surface area (Å²) >= 11 is 0. The highest BCUT2D eigenvalue weighted by atomic mass is 16.5. The lowest BCUT2D eigenvalue weighted by Gasteiger charge is -2.31. The van der Waals surface area contributed by atoms with Gasteiger partial charge in [-0.25, -0.2) is 0 Å². The fourth-order valence-corrected chi connectivity index (χ4v) is 4.46. The highest BCUT2D eigenvalue weighted by Crippen LogP contribution is 2.35. The second-order valence-corrected chi connectivity index (χ2v) is 8.66. The first-order valence-electron chi connectivity index (χ1n) is 11.0. The molecule has 0 atom stereocenters. The summed E-state index contributed by atoms with van der Waals surface area (Å²) in [5.74, 6) is -0.440. The Morgan fingerprint density at radius 2 is 1.74 bits per heavy atom. The molecule has 5 nitrogen and oxygen atoms in total. The first kappa shape index (κ1) is 21.3. The van der Waals surface area contributed by atoms with Crippen LogP contribution in [0.1, 0.15) is 41.7 Å². The Labute approximate surface area is 184 Å². The molecule has 0 unspecified atom stereocenters. The van der Waals surface area contributed by atoms with Crippen molar-refractivity contribution in [1.82, 2.24) is 9.80 Å². The summed E-state index contributed by atoms with van der Waals surface area (Å²) in [7, 11) is 0. The van der Waals surface area contributed by atoms with Gasteiger partial charge in [0.05, 0.1) is 24.8 Å². The molecule has 4 rings (SSSR count). The third-order valence-corrected chi connectivity index (χ3v) is 6.01. The van der Waals surface area contributed by atoms with Gasteiger partial charge in [-0.3, -0.25) is 14.5 Å². The monoisotopic (exact) mass is 418 g/mol. The number of carbonyl (C=O) groups is 2. The lowest BCUT2D eigenvalue weighted by molar-refractivity contribution is -0.138. The zero-order valence-corrected chi connectivity index (χ0v) is 18.8. The molecular weight excluding hydrogens is 388 g/mol. The van der Waals surface area contributed by atoms with Crippen molar-refractivity contribution in [1.29, 1.82) is 0 Å². The van der Waals surface area contributed by atoms with Gasteiger partial charge in [-0.1, -0.05) is 48.0 Å². The molecule has 0 bridgehead atoms. The Kier molecular flexibility index (Phi) is 5.96. The summed E-state index contributed by atoms with van der Waals surface area (Å²) in [6.45, 7) is 9.88. The third kappa shape index (κ3) is 4.15. The van der Waals surface area contributed by atoms with Crippen LogP contribution in [0, 0.1) is 13.8 Å². The average Bonchev–Trinajstić information content (AvgIpc) is 2.98. The van der Waals surface area contributed by atoms with Crippen molar-refractivity contribution in [3.63, 3.8) is 0 Å². The highest BCUT2D eigenvalue weighted by molar-refractivity contribution is 6.35. The zero-order valence-electron chi connectivity index (χ0n) is 18.8. The molecular formula is C26H30N2O3. The van der Waals surface area contributed by atoms with Crippen LogP contribution in [-0.2, 0) is 27.3 Å². The van der Waals surface area contributed by atoms with Gasteiger partial charge in [0.2, 0.25) is 0 Å². The van der Waals surface area contributed by atoms with Crippen molar-refractivity contribution in [2.24, 2.45) is 0 Å². The SMILES string of the molecule is Cc1ccc(C2=C(N3CCc4ccccc4C3)C(=O)N(CCOC(C)C)C2=O)c(C)c1. The van der Waals surface area contributed by atoms with E-state index in [1.54, 1.807) is 0 Å². The maximum Gasteiger partial charge on any atom is 0.277 e. The average molecular weight is 419 g/mol. The third-order valence-electron chi connectivity index (χ3n) is 6.01. The van der Waals surface area contributed by atoms with Crippen LogP contribution in [-0.4, -0.2) is 47.4 Å². The summed E-state index contributed by atoms with van der Waals surface area (Å²) in [5.41, 5.74) is 6.54. The summed E-state index contributed by atoms with van der Waals surface area (Å²) in [6.07, 6.45) is 0.912.